The molecule has 0 saturated heterocycles. The first-order valence-electron chi connectivity index (χ1n) is 7.59. The first-order chi connectivity index (χ1) is 10.1. The van der Waals surface area contributed by atoms with Gasteiger partial charge in [0.05, 0.1) is 18.2 Å². The summed E-state index contributed by atoms with van der Waals surface area (Å²) in [6, 6.07) is 8.16. The van der Waals surface area contributed by atoms with Gasteiger partial charge in [-0.1, -0.05) is 32.0 Å². The molecule has 112 valence electrons. The standard InChI is InChI=1S/C17H21NO3/c1-3-11-9-13-12-7-5-6-8-14(12)18-16(13)17(4-2,21-11)10-15(19)20/h5-8,11,18H,3-4,9-10H2,1-2H3,(H,19,20). The topological polar surface area (TPSA) is 62.3 Å². The number of carbonyl (C=O) groups is 1. The molecule has 2 atom stereocenters. The van der Waals surface area contributed by atoms with Crippen molar-refractivity contribution in [2.24, 2.45) is 0 Å². The number of aromatic nitrogens is 1. The summed E-state index contributed by atoms with van der Waals surface area (Å²) >= 11 is 0. The summed E-state index contributed by atoms with van der Waals surface area (Å²) in [5.74, 6) is -0.821. The molecule has 1 aliphatic heterocycles. The Hall–Kier alpha value is -1.81. The molecule has 1 aliphatic rings. The highest BCUT2D eigenvalue weighted by atomic mass is 16.5. The normalized spacial score (nSPS) is 25.0. The van der Waals surface area contributed by atoms with Gasteiger partial charge in [0.25, 0.3) is 0 Å². The van der Waals surface area contributed by atoms with Gasteiger partial charge in [-0.2, -0.15) is 0 Å². The number of para-hydroxylation sites is 1. The lowest BCUT2D eigenvalue weighted by Gasteiger charge is -2.40. The zero-order valence-electron chi connectivity index (χ0n) is 12.5. The third-order valence-electron chi connectivity index (χ3n) is 4.56. The number of nitrogens with one attached hydrogen (secondary N) is 1. The predicted molar refractivity (Wildman–Crippen MR) is 81.4 cm³/mol. The molecule has 2 N–H and O–H groups in total. The minimum atomic E-state index is -0.821. The highest BCUT2D eigenvalue weighted by Gasteiger charge is 2.43. The van der Waals surface area contributed by atoms with Crippen LogP contribution >= 0.6 is 0 Å². The van der Waals surface area contributed by atoms with Crippen LogP contribution in [0.1, 0.15) is 44.4 Å². The fourth-order valence-corrected chi connectivity index (χ4v) is 3.44. The van der Waals surface area contributed by atoms with Gasteiger partial charge in [-0.25, -0.2) is 0 Å². The highest BCUT2D eigenvalue weighted by molar-refractivity contribution is 5.85. The molecule has 0 aliphatic carbocycles. The fourth-order valence-electron chi connectivity index (χ4n) is 3.44. The SMILES string of the molecule is CCC1Cc2c([nH]c3ccccc23)C(CC)(CC(=O)O)O1. The van der Waals surface area contributed by atoms with Crippen LogP contribution in [0.4, 0.5) is 0 Å². The van der Waals surface area contributed by atoms with E-state index in [4.69, 9.17) is 4.74 Å². The van der Waals surface area contributed by atoms with Gasteiger partial charge in [0.2, 0.25) is 0 Å². The lowest BCUT2D eigenvalue weighted by atomic mass is 9.84. The number of fused-ring (bicyclic) bond motifs is 3. The summed E-state index contributed by atoms with van der Waals surface area (Å²) in [4.78, 5) is 14.8. The number of benzene rings is 1. The van der Waals surface area contributed by atoms with E-state index in [2.05, 4.69) is 18.0 Å². The Morgan fingerprint density at radius 1 is 1.43 bits per heavy atom. The Kier molecular flexibility index (Phi) is 3.49. The van der Waals surface area contributed by atoms with E-state index in [0.29, 0.717) is 6.42 Å². The molecule has 21 heavy (non-hydrogen) atoms. The maximum atomic E-state index is 11.4. The molecule has 1 aromatic heterocycles. The van der Waals surface area contributed by atoms with Crippen molar-refractivity contribution < 1.29 is 14.6 Å². The van der Waals surface area contributed by atoms with E-state index in [9.17, 15) is 9.90 Å². The molecule has 3 rings (SSSR count). The number of ether oxygens (including phenoxy) is 1. The molecule has 0 fully saturated rings. The molecule has 0 bridgehead atoms. The average molecular weight is 287 g/mol. The maximum absolute atomic E-state index is 11.4. The smallest absolute Gasteiger partial charge is 0.306 e. The van der Waals surface area contributed by atoms with Crippen LogP contribution in [0.5, 0.6) is 0 Å². The lowest BCUT2D eigenvalue weighted by molar-refractivity contribution is -0.157. The van der Waals surface area contributed by atoms with Crippen molar-refractivity contribution in [1.82, 2.24) is 4.98 Å². The molecule has 0 saturated carbocycles. The minimum Gasteiger partial charge on any atom is -0.481 e. The molecular formula is C17H21NO3. The number of aliphatic carboxylic acids is 1. The van der Waals surface area contributed by atoms with Gasteiger partial charge in [0, 0.05) is 17.3 Å². The largest absolute Gasteiger partial charge is 0.481 e. The number of carboxylic acid groups (broad SMARTS) is 1. The Bertz CT molecular complexity index is 676. The molecule has 2 unspecified atom stereocenters. The number of rotatable bonds is 4. The van der Waals surface area contributed by atoms with Crippen LogP contribution in [0.3, 0.4) is 0 Å². The summed E-state index contributed by atoms with van der Waals surface area (Å²) in [6.45, 7) is 4.09. The van der Waals surface area contributed by atoms with Crippen molar-refractivity contribution in [2.75, 3.05) is 0 Å². The first-order valence-corrected chi connectivity index (χ1v) is 7.59. The van der Waals surface area contributed by atoms with E-state index in [1.165, 1.54) is 10.9 Å². The minimum absolute atomic E-state index is 0.000177. The molecule has 1 aromatic carbocycles. The van der Waals surface area contributed by atoms with Gasteiger partial charge < -0.3 is 14.8 Å². The third kappa shape index (κ3) is 2.23. The van der Waals surface area contributed by atoms with Gasteiger partial charge >= 0.3 is 5.97 Å². The van der Waals surface area contributed by atoms with Crippen LogP contribution in [0.25, 0.3) is 10.9 Å². The van der Waals surface area contributed by atoms with Crippen molar-refractivity contribution in [3.63, 3.8) is 0 Å². The molecule has 4 nitrogen and oxygen atoms in total. The van der Waals surface area contributed by atoms with E-state index >= 15 is 0 Å². The van der Waals surface area contributed by atoms with E-state index in [-0.39, 0.29) is 12.5 Å². The number of H-pyrrole nitrogens is 1. The number of aromatic amines is 1. The molecular weight excluding hydrogens is 266 g/mol. The maximum Gasteiger partial charge on any atom is 0.306 e. The number of hydrogen-bond donors (Lipinski definition) is 2. The molecule has 2 aromatic rings. The fraction of sp³-hybridized carbons (Fsp3) is 0.471. The second-order valence-corrected chi connectivity index (χ2v) is 5.79. The van der Waals surface area contributed by atoms with E-state index in [1.807, 2.05) is 25.1 Å². The Morgan fingerprint density at radius 3 is 2.86 bits per heavy atom. The van der Waals surface area contributed by atoms with Crippen LogP contribution in [-0.4, -0.2) is 22.2 Å². The number of hydrogen-bond acceptors (Lipinski definition) is 2. The van der Waals surface area contributed by atoms with E-state index in [0.717, 1.165) is 24.1 Å². The second-order valence-electron chi connectivity index (χ2n) is 5.79. The quantitative estimate of drug-likeness (QED) is 0.903. The second kappa shape index (κ2) is 5.19. The highest BCUT2D eigenvalue weighted by Crippen LogP contribution is 2.43. The lowest BCUT2D eigenvalue weighted by Crippen LogP contribution is -2.41. The Balaban J connectivity index is 2.21. The van der Waals surface area contributed by atoms with Crippen LogP contribution in [-0.2, 0) is 21.6 Å². The van der Waals surface area contributed by atoms with Gasteiger partial charge in [-0.15, -0.1) is 0 Å². The van der Waals surface area contributed by atoms with Crippen molar-refractivity contribution in [3.8, 4) is 0 Å². The van der Waals surface area contributed by atoms with Crippen LogP contribution in [0.15, 0.2) is 24.3 Å². The van der Waals surface area contributed by atoms with Crippen LogP contribution in [0, 0.1) is 0 Å². The van der Waals surface area contributed by atoms with Gasteiger partial charge in [-0.3, -0.25) is 4.79 Å². The van der Waals surface area contributed by atoms with Crippen LogP contribution < -0.4 is 0 Å². The number of carboxylic acids is 1. The first kappa shape index (κ1) is 14.1. The van der Waals surface area contributed by atoms with Crippen LogP contribution in [0.2, 0.25) is 0 Å². The molecule has 4 heteroatoms. The molecule has 2 heterocycles. The van der Waals surface area contributed by atoms with Gasteiger partial charge in [0.15, 0.2) is 0 Å². The summed E-state index contributed by atoms with van der Waals surface area (Å²) in [6.07, 6.45) is 2.46. The summed E-state index contributed by atoms with van der Waals surface area (Å²) in [5.41, 5.74) is 2.51. The third-order valence-corrected chi connectivity index (χ3v) is 4.56. The summed E-state index contributed by atoms with van der Waals surface area (Å²) in [5, 5.41) is 10.5. The average Bonchev–Trinajstić information content (AvgIpc) is 2.86. The zero-order valence-corrected chi connectivity index (χ0v) is 12.5. The van der Waals surface area contributed by atoms with Gasteiger partial charge in [-0.05, 0) is 24.5 Å². The van der Waals surface area contributed by atoms with Crippen molar-refractivity contribution in [1.29, 1.82) is 0 Å². The monoisotopic (exact) mass is 287 g/mol. The predicted octanol–water partition coefficient (Wildman–Crippen LogP) is 3.60. The zero-order chi connectivity index (χ0) is 15.0. The van der Waals surface area contributed by atoms with E-state index in [1.54, 1.807) is 0 Å². The summed E-state index contributed by atoms with van der Waals surface area (Å²) in [7, 11) is 0. The Morgan fingerprint density at radius 2 is 2.19 bits per heavy atom. The van der Waals surface area contributed by atoms with Crippen molar-refractivity contribution in [3.05, 3.63) is 35.5 Å². The Labute approximate surface area is 124 Å². The molecule has 0 amide bonds. The van der Waals surface area contributed by atoms with Gasteiger partial charge in [0.1, 0.15) is 5.60 Å². The van der Waals surface area contributed by atoms with Crippen molar-refractivity contribution >= 4 is 16.9 Å². The molecule has 0 radical (unpaired) electrons. The summed E-state index contributed by atoms with van der Waals surface area (Å²) < 4.78 is 6.23. The van der Waals surface area contributed by atoms with E-state index < -0.39 is 11.6 Å². The molecule has 0 spiro atoms. The van der Waals surface area contributed by atoms with Crippen molar-refractivity contribution in [2.45, 2.75) is 51.2 Å².